The molecule has 112 valence electrons. The fourth-order valence-corrected chi connectivity index (χ4v) is 2.62. The van der Waals surface area contributed by atoms with Crippen LogP contribution in [0.3, 0.4) is 0 Å². The Hall–Kier alpha value is -1.06. The van der Waals surface area contributed by atoms with Gasteiger partial charge >= 0.3 is 0 Å². The molecule has 0 radical (unpaired) electrons. The summed E-state index contributed by atoms with van der Waals surface area (Å²) in [5.74, 6) is 0.110. The number of hydrogen-bond acceptors (Lipinski definition) is 2. The number of carbonyl (C=O) groups is 1. The van der Waals surface area contributed by atoms with Gasteiger partial charge in [-0.3, -0.25) is 4.79 Å². The van der Waals surface area contributed by atoms with Crippen LogP contribution in [0.1, 0.15) is 45.1 Å². The summed E-state index contributed by atoms with van der Waals surface area (Å²) in [6.07, 6.45) is 4.02. The van der Waals surface area contributed by atoms with Crippen molar-refractivity contribution in [2.24, 2.45) is 5.73 Å². The average Bonchev–Trinajstić information content (AvgIpc) is 2.42. The second-order valence-corrected chi connectivity index (χ2v) is 6.08. The van der Waals surface area contributed by atoms with Crippen LogP contribution in [0.15, 0.2) is 30.3 Å². The quantitative estimate of drug-likeness (QED) is 0.901. The van der Waals surface area contributed by atoms with Crippen LogP contribution in [0.4, 0.5) is 0 Å². The Morgan fingerprint density at radius 2 is 1.70 bits per heavy atom. The van der Waals surface area contributed by atoms with Crippen LogP contribution in [0.5, 0.6) is 0 Å². The van der Waals surface area contributed by atoms with Crippen LogP contribution in [0, 0.1) is 0 Å². The molecule has 1 aromatic rings. The van der Waals surface area contributed by atoms with Gasteiger partial charge < -0.3 is 11.1 Å². The Balaban J connectivity index is 0.00000200. The lowest BCUT2D eigenvalue weighted by Gasteiger charge is -2.31. The second-order valence-electron chi connectivity index (χ2n) is 6.08. The van der Waals surface area contributed by atoms with E-state index in [9.17, 15) is 4.79 Å². The fraction of sp³-hybridized carbons (Fsp3) is 0.562. The van der Waals surface area contributed by atoms with Gasteiger partial charge in [0, 0.05) is 12.1 Å². The maximum absolute atomic E-state index is 12.5. The van der Waals surface area contributed by atoms with Crippen LogP contribution in [0.2, 0.25) is 0 Å². The van der Waals surface area contributed by atoms with E-state index in [1.54, 1.807) is 0 Å². The summed E-state index contributed by atoms with van der Waals surface area (Å²) >= 11 is 0. The number of carbonyl (C=O) groups excluding carboxylic acids is 1. The molecule has 1 aliphatic rings. The van der Waals surface area contributed by atoms with Gasteiger partial charge in [0.1, 0.15) is 0 Å². The van der Waals surface area contributed by atoms with Crippen molar-refractivity contribution in [1.29, 1.82) is 0 Å². The maximum Gasteiger partial charge on any atom is 0.230 e. The molecule has 20 heavy (non-hydrogen) atoms. The maximum atomic E-state index is 12.5. The largest absolute Gasteiger partial charge is 0.353 e. The van der Waals surface area contributed by atoms with Crippen molar-refractivity contribution in [3.63, 3.8) is 0 Å². The average molecular weight is 297 g/mol. The van der Waals surface area contributed by atoms with Crippen molar-refractivity contribution in [2.75, 3.05) is 0 Å². The first-order valence-corrected chi connectivity index (χ1v) is 7.12. The van der Waals surface area contributed by atoms with Crippen molar-refractivity contribution in [1.82, 2.24) is 5.32 Å². The summed E-state index contributed by atoms with van der Waals surface area (Å²) in [7, 11) is 0. The van der Waals surface area contributed by atoms with Gasteiger partial charge in [-0.2, -0.15) is 0 Å². The summed E-state index contributed by atoms with van der Waals surface area (Å²) in [4.78, 5) is 12.5. The summed E-state index contributed by atoms with van der Waals surface area (Å²) in [5, 5.41) is 3.18. The topological polar surface area (TPSA) is 55.1 Å². The van der Waals surface area contributed by atoms with Gasteiger partial charge in [-0.15, -0.1) is 12.4 Å². The van der Waals surface area contributed by atoms with Crippen LogP contribution in [-0.2, 0) is 10.2 Å². The molecule has 1 aromatic carbocycles. The Labute approximate surface area is 127 Å². The zero-order valence-corrected chi connectivity index (χ0v) is 13.1. The van der Waals surface area contributed by atoms with Crippen molar-refractivity contribution < 1.29 is 4.79 Å². The van der Waals surface area contributed by atoms with E-state index in [0.29, 0.717) is 6.04 Å². The third-order valence-electron chi connectivity index (χ3n) is 4.17. The molecule has 2 rings (SSSR count). The number of benzene rings is 1. The molecule has 0 aromatic heterocycles. The van der Waals surface area contributed by atoms with Gasteiger partial charge in [0.25, 0.3) is 0 Å². The Kier molecular flexibility index (Phi) is 6.03. The molecular weight excluding hydrogens is 272 g/mol. The molecule has 1 aliphatic carbocycles. The lowest BCUT2D eigenvalue weighted by molar-refractivity contribution is -0.126. The highest BCUT2D eigenvalue weighted by Gasteiger charge is 2.31. The minimum Gasteiger partial charge on any atom is -0.353 e. The van der Waals surface area contributed by atoms with E-state index >= 15 is 0 Å². The molecule has 1 fully saturated rings. The van der Waals surface area contributed by atoms with E-state index < -0.39 is 5.41 Å². The highest BCUT2D eigenvalue weighted by atomic mass is 35.5. The number of halogens is 1. The predicted molar refractivity (Wildman–Crippen MR) is 85.1 cm³/mol. The number of rotatable bonds is 3. The van der Waals surface area contributed by atoms with Crippen molar-refractivity contribution >= 4 is 18.3 Å². The SMILES string of the molecule is CC(C)(C(=O)NC1CCC(N)CC1)c1ccccc1.Cl. The molecular formula is C16H25ClN2O. The molecule has 0 aliphatic heterocycles. The molecule has 0 atom stereocenters. The zero-order valence-electron chi connectivity index (χ0n) is 12.3. The van der Waals surface area contributed by atoms with E-state index in [2.05, 4.69) is 5.32 Å². The highest BCUT2D eigenvalue weighted by molar-refractivity contribution is 5.87. The van der Waals surface area contributed by atoms with E-state index in [4.69, 9.17) is 5.73 Å². The molecule has 4 heteroatoms. The lowest BCUT2D eigenvalue weighted by atomic mass is 9.82. The molecule has 0 spiro atoms. The summed E-state index contributed by atoms with van der Waals surface area (Å²) in [6.45, 7) is 3.96. The third kappa shape index (κ3) is 3.97. The molecule has 1 saturated carbocycles. The number of nitrogens with one attached hydrogen (secondary N) is 1. The van der Waals surface area contributed by atoms with Gasteiger partial charge in [0.05, 0.1) is 5.41 Å². The highest BCUT2D eigenvalue weighted by Crippen LogP contribution is 2.24. The van der Waals surface area contributed by atoms with Crippen LogP contribution in [0.25, 0.3) is 0 Å². The monoisotopic (exact) mass is 296 g/mol. The smallest absolute Gasteiger partial charge is 0.230 e. The Bertz CT molecular complexity index is 425. The molecule has 0 heterocycles. The van der Waals surface area contributed by atoms with Crippen LogP contribution in [-0.4, -0.2) is 18.0 Å². The lowest BCUT2D eigenvalue weighted by Crippen LogP contribution is -2.47. The summed E-state index contributed by atoms with van der Waals surface area (Å²) in [6, 6.07) is 10.5. The van der Waals surface area contributed by atoms with Crippen molar-refractivity contribution in [3.05, 3.63) is 35.9 Å². The van der Waals surface area contributed by atoms with Gasteiger partial charge in [-0.05, 0) is 45.1 Å². The molecule has 3 nitrogen and oxygen atoms in total. The minimum absolute atomic E-state index is 0. The molecule has 0 bridgehead atoms. The van der Waals surface area contributed by atoms with Crippen LogP contribution < -0.4 is 11.1 Å². The number of hydrogen-bond donors (Lipinski definition) is 2. The second kappa shape index (κ2) is 7.09. The first-order valence-electron chi connectivity index (χ1n) is 7.12. The molecule has 0 saturated heterocycles. The predicted octanol–water partition coefficient (Wildman–Crippen LogP) is 2.77. The van der Waals surface area contributed by atoms with E-state index in [1.807, 2.05) is 44.2 Å². The first-order chi connectivity index (χ1) is 9.00. The number of nitrogens with two attached hydrogens (primary N) is 1. The minimum atomic E-state index is -0.485. The van der Waals surface area contributed by atoms with E-state index in [0.717, 1.165) is 31.2 Å². The molecule has 3 N–H and O–H groups in total. The Morgan fingerprint density at radius 3 is 2.25 bits per heavy atom. The van der Waals surface area contributed by atoms with Gasteiger partial charge in [-0.1, -0.05) is 30.3 Å². The van der Waals surface area contributed by atoms with E-state index in [1.165, 1.54) is 0 Å². The summed E-state index contributed by atoms with van der Waals surface area (Å²) in [5.41, 5.74) is 6.46. The number of amides is 1. The molecule has 0 unspecified atom stereocenters. The van der Waals surface area contributed by atoms with Gasteiger partial charge in [0.15, 0.2) is 0 Å². The molecule has 1 amide bonds. The van der Waals surface area contributed by atoms with Crippen molar-refractivity contribution in [2.45, 2.75) is 57.0 Å². The van der Waals surface area contributed by atoms with Crippen molar-refractivity contribution in [3.8, 4) is 0 Å². The first kappa shape index (κ1) is 17.0. The van der Waals surface area contributed by atoms with Gasteiger partial charge in [0.2, 0.25) is 5.91 Å². The summed E-state index contributed by atoms with van der Waals surface area (Å²) < 4.78 is 0. The fourth-order valence-electron chi connectivity index (χ4n) is 2.62. The Morgan fingerprint density at radius 1 is 1.15 bits per heavy atom. The van der Waals surface area contributed by atoms with Crippen LogP contribution >= 0.6 is 12.4 Å². The van der Waals surface area contributed by atoms with Gasteiger partial charge in [-0.25, -0.2) is 0 Å². The normalized spacial score (nSPS) is 22.8. The van der Waals surface area contributed by atoms with E-state index in [-0.39, 0.29) is 24.4 Å². The third-order valence-corrected chi connectivity index (χ3v) is 4.17. The zero-order chi connectivity index (χ0) is 13.9. The standard InChI is InChI=1S/C16H24N2O.ClH/c1-16(2,12-6-4-3-5-7-12)15(19)18-14-10-8-13(17)9-11-14;/h3-7,13-14H,8-11,17H2,1-2H3,(H,18,19);1H.